The van der Waals surface area contributed by atoms with Crippen molar-refractivity contribution in [2.24, 2.45) is 11.8 Å². The summed E-state index contributed by atoms with van der Waals surface area (Å²) in [6.07, 6.45) is 0.400. The molecule has 1 saturated carbocycles. The van der Waals surface area contributed by atoms with Crippen LogP contribution in [0.1, 0.15) is 30.9 Å². The molecule has 1 aliphatic carbocycles. The Bertz CT molecular complexity index is 1160. The normalized spacial score (nSPS) is 27.4. The monoisotopic (exact) mass is 509 g/mol. The number of benzene rings is 2. The summed E-state index contributed by atoms with van der Waals surface area (Å²) in [7, 11) is -5.57. The molecule has 0 radical (unpaired) electrons. The predicted molar refractivity (Wildman–Crippen MR) is 112 cm³/mol. The van der Waals surface area contributed by atoms with E-state index in [0.29, 0.717) is 5.02 Å². The van der Waals surface area contributed by atoms with E-state index >= 15 is 4.39 Å². The zero-order valence-corrected chi connectivity index (χ0v) is 19.0. The lowest BCUT2D eigenvalue weighted by atomic mass is 9.55. The number of hydrogen-bond donors (Lipinski definition) is 1. The van der Waals surface area contributed by atoms with Crippen molar-refractivity contribution >= 4 is 21.6 Å². The SMILES string of the molecule is C[C@@H]1[C@H](NS(=O)(=O)C(F)(F)F)CC[C@@]2(Cc3ccc(Cl)cc3)c3c(F)ccc(F)c3OC[C@@H]12. The Morgan fingerprint density at radius 1 is 1.12 bits per heavy atom. The number of halogens is 6. The molecule has 33 heavy (non-hydrogen) atoms. The van der Waals surface area contributed by atoms with Gasteiger partial charge in [0.15, 0.2) is 11.6 Å². The molecule has 180 valence electrons. The minimum atomic E-state index is -5.57. The molecule has 0 aromatic heterocycles. The van der Waals surface area contributed by atoms with E-state index in [1.165, 1.54) is 0 Å². The van der Waals surface area contributed by atoms with Gasteiger partial charge in [-0.3, -0.25) is 0 Å². The van der Waals surface area contributed by atoms with E-state index in [4.69, 9.17) is 16.3 Å². The van der Waals surface area contributed by atoms with E-state index in [2.05, 4.69) is 0 Å². The van der Waals surface area contributed by atoms with Gasteiger partial charge in [0.25, 0.3) is 0 Å². The van der Waals surface area contributed by atoms with Crippen molar-refractivity contribution in [3.63, 3.8) is 0 Å². The van der Waals surface area contributed by atoms with Crippen LogP contribution >= 0.6 is 11.6 Å². The number of nitrogens with one attached hydrogen (secondary N) is 1. The summed E-state index contributed by atoms with van der Waals surface area (Å²) in [6.45, 7) is 1.52. The van der Waals surface area contributed by atoms with Crippen molar-refractivity contribution < 1.29 is 35.1 Å². The molecule has 2 aromatic rings. The third-order valence-electron chi connectivity index (χ3n) is 6.89. The highest BCUT2D eigenvalue weighted by molar-refractivity contribution is 7.90. The van der Waals surface area contributed by atoms with Gasteiger partial charge in [-0.05, 0) is 55.0 Å². The van der Waals surface area contributed by atoms with Crippen LogP contribution in [-0.2, 0) is 21.9 Å². The lowest BCUT2D eigenvalue weighted by molar-refractivity contribution is -0.0462. The zero-order valence-electron chi connectivity index (χ0n) is 17.4. The highest BCUT2D eigenvalue weighted by Crippen LogP contribution is 2.55. The number of ether oxygens (including phenoxy) is 1. The Kier molecular flexibility index (Phi) is 6.16. The molecule has 0 amide bonds. The summed E-state index contributed by atoms with van der Waals surface area (Å²) < 4.78 is 99.4. The van der Waals surface area contributed by atoms with Gasteiger partial charge >= 0.3 is 15.5 Å². The maximum Gasteiger partial charge on any atom is 0.511 e. The molecule has 1 heterocycles. The van der Waals surface area contributed by atoms with Crippen molar-refractivity contribution in [2.45, 2.75) is 43.2 Å². The van der Waals surface area contributed by atoms with Gasteiger partial charge in [0.05, 0.1) is 6.61 Å². The summed E-state index contributed by atoms with van der Waals surface area (Å²) in [5.41, 5.74) is -5.64. The molecule has 11 heteroatoms. The van der Waals surface area contributed by atoms with Crippen molar-refractivity contribution in [3.05, 3.63) is 64.2 Å². The van der Waals surface area contributed by atoms with Crippen LogP contribution in [-0.4, -0.2) is 26.6 Å². The highest BCUT2D eigenvalue weighted by atomic mass is 35.5. The summed E-state index contributed by atoms with van der Waals surface area (Å²) >= 11 is 5.97. The first-order valence-electron chi connectivity index (χ1n) is 10.3. The number of fused-ring (bicyclic) bond motifs is 3. The van der Waals surface area contributed by atoms with Gasteiger partial charge in [-0.15, -0.1) is 0 Å². The second-order valence-electron chi connectivity index (χ2n) is 8.68. The van der Waals surface area contributed by atoms with Crippen molar-refractivity contribution in [1.29, 1.82) is 0 Å². The minimum absolute atomic E-state index is 0.00988. The molecule has 2 aliphatic rings. The first-order valence-corrected chi connectivity index (χ1v) is 12.2. The van der Waals surface area contributed by atoms with Gasteiger partial charge in [-0.1, -0.05) is 30.7 Å². The Hall–Kier alpha value is -1.91. The number of hydrogen-bond acceptors (Lipinski definition) is 3. The Labute approximate surface area is 193 Å². The van der Waals surface area contributed by atoms with E-state index in [-0.39, 0.29) is 37.2 Å². The largest absolute Gasteiger partial charge is 0.511 e. The Morgan fingerprint density at radius 2 is 1.76 bits per heavy atom. The van der Waals surface area contributed by atoms with Crippen LogP contribution in [0, 0.1) is 23.5 Å². The molecule has 4 atom stereocenters. The fourth-order valence-corrected chi connectivity index (χ4v) is 6.28. The van der Waals surface area contributed by atoms with E-state index in [1.54, 1.807) is 35.9 Å². The molecule has 1 fully saturated rings. The molecule has 0 saturated heterocycles. The van der Waals surface area contributed by atoms with Gasteiger partial charge in [-0.25, -0.2) is 21.9 Å². The predicted octanol–water partition coefficient (Wildman–Crippen LogP) is 5.35. The van der Waals surface area contributed by atoms with Gasteiger partial charge in [0, 0.05) is 28.0 Å². The summed E-state index contributed by atoms with van der Waals surface area (Å²) in [6, 6.07) is 7.77. The molecule has 2 aromatic carbocycles. The summed E-state index contributed by atoms with van der Waals surface area (Å²) in [5.74, 6) is -2.84. The first-order chi connectivity index (χ1) is 15.4. The smallest absolute Gasteiger partial charge is 0.490 e. The Balaban J connectivity index is 1.78. The van der Waals surface area contributed by atoms with Gasteiger partial charge in [-0.2, -0.15) is 13.2 Å². The second kappa shape index (κ2) is 8.39. The molecule has 0 bridgehead atoms. The third kappa shape index (κ3) is 4.21. The number of rotatable bonds is 4. The quantitative estimate of drug-likeness (QED) is 0.566. The summed E-state index contributed by atoms with van der Waals surface area (Å²) in [5, 5.41) is 0.496. The molecule has 4 rings (SSSR count). The second-order valence-corrected chi connectivity index (χ2v) is 10.8. The first kappa shape index (κ1) is 24.2. The Morgan fingerprint density at radius 3 is 2.39 bits per heavy atom. The van der Waals surface area contributed by atoms with E-state index in [9.17, 15) is 26.0 Å². The molecule has 1 N–H and O–H groups in total. The van der Waals surface area contributed by atoms with Gasteiger partial charge in [0.2, 0.25) is 0 Å². The van der Waals surface area contributed by atoms with Crippen molar-refractivity contribution in [2.75, 3.05) is 6.61 Å². The van der Waals surface area contributed by atoms with E-state index in [0.717, 1.165) is 17.7 Å². The van der Waals surface area contributed by atoms with Crippen molar-refractivity contribution in [1.82, 2.24) is 4.72 Å². The zero-order chi connectivity index (χ0) is 24.2. The molecular weight excluding hydrogens is 489 g/mol. The lowest BCUT2D eigenvalue weighted by Crippen LogP contribution is -2.58. The molecule has 4 nitrogen and oxygen atoms in total. The van der Waals surface area contributed by atoms with E-state index < -0.39 is 50.5 Å². The molecule has 0 unspecified atom stereocenters. The minimum Gasteiger partial charge on any atom is -0.490 e. The van der Waals surface area contributed by atoms with Crippen LogP contribution in [0.3, 0.4) is 0 Å². The fraction of sp³-hybridized carbons (Fsp3) is 0.455. The standard InChI is InChI=1S/C22H21ClF5NO3S/c1-12-15-11-32-20-17(25)7-6-16(24)19(20)21(15,10-13-2-4-14(23)5-3-13)9-8-18(12)29-33(30,31)22(26,27)28/h2-7,12,15,18,29H,8-11H2,1H3/t12-,15-,18+,21-/m0/s1. The molecule has 0 spiro atoms. The molecular formula is C22H21ClF5NO3S. The number of sulfonamides is 1. The van der Waals surface area contributed by atoms with Crippen LogP contribution in [0.5, 0.6) is 5.75 Å². The number of alkyl halides is 3. The maximum atomic E-state index is 15.2. The van der Waals surface area contributed by atoms with Gasteiger partial charge < -0.3 is 4.74 Å². The maximum absolute atomic E-state index is 15.2. The summed E-state index contributed by atoms with van der Waals surface area (Å²) in [4.78, 5) is 0. The topological polar surface area (TPSA) is 55.4 Å². The van der Waals surface area contributed by atoms with Crippen LogP contribution in [0.25, 0.3) is 0 Å². The fourth-order valence-electron chi connectivity index (χ4n) is 5.28. The average Bonchev–Trinajstić information content (AvgIpc) is 2.73. The van der Waals surface area contributed by atoms with Crippen LogP contribution in [0.4, 0.5) is 22.0 Å². The molecule has 1 aliphatic heterocycles. The third-order valence-corrected chi connectivity index (χ3v) is 8.36. The van der Waals surface area contributed by atoms with Gasteiger partial charge in [0.1, 0.15) is 5.82 Å². The highest BCUT2D eigenvalue weighted by Gasteiger charge is 2.56. The van der Waals surface area contributed by atoms with Crippen LogP contribution in [0.2, 0.25) is 5.02 Å². The average molecular weight is 510 g/mol. The van der Waals surface area contributed by atoms with Crippen LogP contribution in [0.15, 0.2) is 36.4 Å². The van der Waals surface area contributed by atoms with E-state index in [1.807, 2.05) is 0 Å². The lowest BCUT2D eigenvalue weighted by Gasteiger charge is -2.53. The van der Waals surface area contributed by atoms with Crippen LogP contribution < -0.4 is 9.46 Å². The van der Waals surface area contributed by atoms with Crippen molar-refractivity contribution in [3.8, 4) is 5.75 Å².